The zero-order chi connectivity index (χ0) is 19.3. The number of methoxy groups -OCH3 is 1. The van der Waals surface area contributed by atoms with Crippen LogP contribution < -0.4 is 10.1 Å². The highest BCUT2D eigenvalue weighted by Gasteiger charge is 2.29. The van der Waals surface area contributed by atoms with Crippen molar-refractivity contribution in [3.05, 3.63) is 77.9 Å². The van der Waals surface area contributed by atoms with Crippen molar-refractivity contribution < 1.29 is 9.53 Å². The van der Waals surface area contributed by atoms with Crippen molar-refractivity contribution in [2.24, 2.45) is 0 Å². The van der Waals surface area contributed by atoms with Crippen LogP contribution in [0, 0.1) is 0 Å². The van der Waals surface area contributed by atoms with Gasteiger partial charge in [-0.25, -0.2) is 0 Å². The Morgan fingerprint density at radius 2 is 2.07 bits per heavy atom. The van der Waals surface area contributed by atoms with Crippen molar-refractivity contribution in [1.29, 1.82) is 0 Å². The molecule has 1 aliphatic heterocycles. The minimum Gasteiger partial charge on any atom is -0.497 e. The second-order valence-electron chi connectivity index (χ2n) is 6.78. The first-order valence-electron chi connectivity index (χ1n) is 9.31. The zero-order valence-corrected chi connectivity index (χ0v) is 17.0. The Hall–Kier alpha value is -2.90. The standard InChI is InChI=1S/C21H23N5O2.ClH/c1-28-19-6-4-16(5-7-19)14-25-15-18(12-24-25)21(27)26-10-9-23-13-20(26)17-3-2-8-22-11-17;/h2-8,11-12,15,20,23H,9-10,13-14H2,1H3;1H. The van der Waals surface area contributed by atoms with Crippen LogP contribution in [-0.2, 0) is 6.54 Å². The number of piperazine rings is 1. The van der Waals surface area contributed by atoms with Gasteiger partial charge in [0.2, 0.25) is 0 Å². The Labute approximate surface area is 176 Å². The summed E-state index contributed by atoms with van der Waals surface area (Å²) in [6, 6.07) is 11.7. The Kier molecular flexibility index (Phi) is 6.85. The molecule has 1 unspecified atom stereocenters. The molecule has 152 valence electrons. The van der Waals surface area contributed by atoms with E-state index in [-0.39, 0.29) is 24.4 Å². The van der Waals surface area contributed by atoms with E-state index in [2.05, 4.69) is 15.4 Å². The van der Waals surface area contributed by atoms with Gasteiger partial charge in [0.1, 0.15) is 5.75 Å². The van der Waals surface area contributed by atoms with Gasteiger partial charge < -0.3 is 15.0 Å². The fourth-order valence-corrected chi connectivity index (χ4v) is 3.46. The predicted molar refractivity (Wildman–Crippen MR) is 112 cm³/mol. The summed E-state index contributed by atoms with van der Waals surface area (Å²) in [5, 5.41) is 7.74. The Balaban J connectivity index is 0.00000240. The van der Waals surface area contributed by atoms with Gasteiger partial charge in [-0.1, -0.05) is 18.2 Å². The molecule has 0 spiro atoms. The van der Waals surface area contributed by atoms with Crippen molar-refractivity contribution in [2.75, 3.05) is 26.7 Å². The third kappa shape index (κ3) is 4.75. The number of carbonyl (C=O) groups is 1. The van der Waals surface area contributed by atoms with Gasteiger partial charge >= 0.3 is 0 Å². The molecule has 1 atom stereocenters. The molecule has 29 heavy (non-hydrogen) atoms. The van der Waals surface area contributed by atoms with Gasteiger partial charge in [-0.3, -0.25) is 14.5 Å². The van der Waals surface area contributed by atoms with Crippen LogP contribution in [0.1, 0.15) is 27.5 Å². The summed E-state index contributed by atoms with van der Waals surface area (Å²) >= 11 is 0. The number of amides is 1. The van der Waals surface area contributed by atoms with E-state index in [1.165, 1.54) is 0 Å². The van der Waals surface area contributed by atoms with Crippen LogP contribution in [0.4, 0.5) is 0 Å². The fraction of sp³-hybridized carbons (Fsp3) is 0.286. The minimum absolute atomic E-state index is 0. The predicted octanol–water partition coefficient (Wildman–Crippen LogP) is 2.54. The van der Waals surface area contributed by atoms with E-state index < -0.39 is 0 Å². The lowest BCUT2D eigenvalue weighted by Gasteiger charge is -2.36. The van der Waals surface area contributed by atoms with Gasteiger partial charge in [-0.05, 0) is 29.3 Å². The van der Waals surface area contributed by atoms with Gasteiger partial charge in [0.05, 0.1) is 31.5 Å². The molecule has 1 fully saturated rings. The zero-order valence-electron chi connectivity index (χ0n) is 16.2. The molecule has 1 aromatic carbocycles. The maximum atomic E-state index is 13.1. The van der Waals surface area contributed by atoms with Gasteiger partial charge in [-0.15, -0.1) is 12.4 Å². The van der Waals surface area contributed by atoms with Crippen LogP contribution in [-0.4, -0.2) is 52.3 Å². The molecule has 1 amide bonds. The van der Waals surface area contributed by atoms with Gasteiger partial charge in [0.25, 0.3) is 5.91 Å². The van der Waals surface area contributed by atoms with Crippen molar-refractivity contribution in [3.63, 3.8) is 0 Å². The molecule has 0 radical (unpaired) electrons. The number of nitrogens with one attached hydrogen (secondary N) is 1. The van der Waals surface area contributed by atoms with Crippen LogP contribution in [0.2, 0.25) is 0 Å². The highest BCUT2D eigenvalue weighted by Crippen LogP contribution is 2.23. The number of aromatic nitrogens is 3. The first kappa shape index (κ1) is 20.8. The van der Waals surface area contributed by atoms with E-state index in [4.69, 9.17) is 4.74 Å². The minimum atomic E-state index is -0.0279. The van der Waals surface area contributed by atoms with E-state index >= 15 is 0 Å². The smallest absolute Gasteiger partial charge is 0.257 e. The third-order valence-electron chi connectivity index (χ3n) is 4.96. The Morgan fingerprint density at radius 1 is 1.24 bits per heavy atom. The lowest BCUT2D eigenvalue weighted by Crippen LogP contribution is -2.48. The molecule has 0 bridgehead atoms. The highest BCUT2D eigenvalue weighted by atomic mass is 35.5. The first-order valence-corrected chi connectivity index (χ1v) is 9.31. The number of nitrogens with zero attached hydrogens (tertiary/aromatic N) is 4. The average molecular weight is 414 g/mol. The van der Waals surface area contributed by atoms with Crippen molar-refractivity contribution >= 4 is 18.3 Å². The normalized spacial score (nSPS) is 16.2. The van der Waals surface area contributed by atoms with Crippen molar-refractivity contribution in [1.82, 2.24) is 25.0 Å². The largest absolute Gasteiger partial charge is 0.497 e. The average Bonchev–Trinajstić information content (AvgIpc) is 3.23. The summed E-state index contributed by atoms with van der Waals surface area (Å²) < 4.78 is 6.97. The number of halogens is 1. The first-order chi connectivity index (χ1) is 13.7. The molecule has 8 heteroatoms. The molecule has 7 nitrogen and oxygen atoms in total. The number of hydrogen-bond acceptors (Lipinski definition) is 5. The van der Waals surface area contributed by atoms with Crippen LogP contribution in [0.3, 0.4) is 0 Å². The SMILES string of the molecule is COc1ccc(Cn2cc(C(=O)N3CCNCC3c3cccnc3)cn2)cc1.Cl. The molecule has 0 aliphatic carbocycles. The fourth-order valence-electron chi connectivity index (χ4n) is 3.46. The quantitative estimate of drug-likeness (QED) is 0.696. The van der Waals surface area contributed by atoms with E-state index in [1.807, 2.05) is 53.7 Å². The van der Waals surface area contributed by atoms with E-state index in [9.17, 15) is 4.79 Å². The van der Waals surface area contributed by atoms with E-state index in [1.54, 1.807) is 24.2 Å². The number of carbonyl (C=O) groups excluding carboxylic acids is 1. The number of ether oxygens (including phenoxy) is 1. The Morgan fingerprint density at radius 3 is 2.79 bits per heavy atom. The molecule has 2 aromatic heterocycles. The Bertz CT molecular complexity index is 930. The van der Waals surface area contributed by atoms with Crippen LogP contribution in [0.5, 0.6) is 5.75 Å². The highest BCUT2D eigenvalue weighted by molar-refractivity contribution is 5.94. The number of hydrogen-bond donors (Lipinski definition) is 1. The van der Waals surface area contributed by atoms with E-state index in [0.29, 0.717) is 18.7 Å². The molecule has 4 rings (SSSR count). The van der Waals surface area contributed by atoms with Crippen molar-refractivity contribution in [3.8, 4) is 5.75 Å². The lowest BCUT2D eigenvalue weighted by atomic mass is 10.0. The summed E-state index contributed by atoms with van der Waals surface area (Å²) in [6.45, 7) is 2.76. The molecule has 3 heterocycles. The van der Waals surface area contributed by atoms with Crippen LogP contribution in [0.15, 0.2) is 61.2 Å². The molecule has 1 aliphatic rings. The number of benzene rings is 1. The number of pyridine rings is 1. The monoisotopic (exact) mass is 413 g/mol. The summed E-state index contributed by atoms with van der Waals surface area (Å²) in [5.74, 6) is 0.816. The third-order valence-corrected chi connectivity index (χ3v) is 4.96. The molecule has 0 saturated carbocycles. The second-order valence-corrected chi connectivity index (χ2v) is 6.78. The van der Waals surface area contributed by atoms with Crippen molar-refractivity contribution in [2.45, 2.75) is 12.6 Å². The van der Waals surface area contributed by atoms with Gasteiger partial charge in [0.15, 0.2) is 0 Å². The lowest BCUT2D eigenvalue weighted by molar-refractivity contribution is 0.0634. The maximum Gasteiger partial charge on any atom is 0.257 e. The van der Waals surface area contributed by atoms with Crippen LogP contribution >= 0.6 is 12.4 Å². The summed E-state index contributed by atoms with van der Waals surface area (Å²) in [4.78, 5) is 19.2. The maximum absolute atomic E-state index is 13.1. The van der Waals surface area contributed by atoms with Crippen LogP contribution in [0.25, 0.3) is 0 Å². The molecule has 3 aromatic rings. The van der Waals surface area contributed by atoms with Gasteiger partial charge in [-0.2, -0.15) is 5.10 Å². The summed E-state index contributed by atoms with van der Waals surface area (Å²) in [6.07, 6.45) is 7.03. The van der Waals surface area contributed by atoms with E-state index in [0.717, 1.165) is 30.0 Å². The summed E-state index contributed by atoms with van der Waals surface area (Å²) in [5.41, 5.74) is 2.73. The number of rotatable bonds is 5. The molecule has 1 saturated heterocycles. The summed E-state index contributed by atoms with van der Waals surface area (Å²) in [7, 11) is 1.65. The molecule has 1 N–H and O–H groups in total. The van der Waals surface area contributed by atoms with Gasteiger partial charge in [0, 0.05) is 38.2 Å². The second kappa shape index (κ2) is 9.54. The molecular formula is C21H24ClN5O2. The topological polar surface area (TPSA) is 72.3 Å². The molecular weight excluding hydrogens is 390 g/mol.